The molecule has 4 aromatic rings. The highest BCUT2D eigenvalue weighted by Crippen LogP contribution is 2.57. The second kappa shape index (κ2) is 14.5. The number of rotatable bonds is 7. The number of halogens is 1. The minimum Gasteiger partial charge on any atom is -0.472 e. The summed E-state index contributed by atoms with van der Waals surface area (Å²) < 4.78 is 51.1. The fourth-order valence-electron chi connectivity index (χ4n) is 8.13. The molecule has 13 nitrogen and oxygen atoms in total. The Morgan fingerprint density at radius 1 is 1.00 bits per heavy atom. The van der Waals surface area contributed by atoms with Crippen LogP contribution in [-0.2, 0) is 31.5 Å². The lowest BCUT2D eigenvalue weighted by molar-refractivity contribution is -0.140. The highest BCUT2D eigenvalue weighted by Gasteiger charge is 2.61. The summed E-state index contributed by atoms with van der Waals surface area (Å²) in [6.45, 7) is -0.0268. The van der Waals surface area contributed by atoms with Gasteiger partial charge in [0.25, 0.3) is 5.91 Å². The monoisotopic (exact) mass is 770 g/mol. The van der Waals surface area contributed by atoms with Crippen LogP contribution in [0.5, 0.6) is 5.88 Å². The summed E-state index contributed by atoms with van der Waals surface area (Å²) in [5, 5.41) is 7.94. The number of aromatic nitrogens is 3. The third-order valence-corrected chi connectivity index (χ3v) is 13.2. The minimum absolute atomic E-state index is 0.0268. The average molecular weight is 771 g/mol. The van der Waals surface area contributed by atoms with Crippen LogP contribution in [0.1, 0.15) is 74.7 Å². The first kappa shape index (κ1) is 36.8. The highest BCUT2D eigenvalue weighted by molar-refractivity contribution is 7.90. The summed E-state index contributed by atoms with van der Waals surface area (Å²) in [4.78, 5) is 62.4. The van der Waals surface area contributed by atoms with Gasteiger partial charge in [0, 0.05) is 36.9 Å². The van der Waals surface area contributed by atoms with Crippen LogP contribution in [0.3, 0.4) is 0 Å². The van der Waals surface area contributed by atoms with Crippen LogP contribution in [0.15, 0.2) is 66.9 Å². The van der Waals surface area contributed by atoms with Crippen molar-refractivity contribution in [3.05, 3.63) is 78.4 Å². The number of pyridine rings is 1. The number of allylic oxidation sites excluding steroid dienone is 2. The molecule has 4 aliphatic rings. The number of amides is 3. The maximum atomic E-state index is 15.0. The van der Waals surface area contributed by atoms with Crippen molar-refractivity contribution in [2.24, 2.45) is 18.4 Å². The van der Waals surface area contributed by atoms with Gasteiger partial charge in [0.05, 0.1) is 28.8 Å². The van der Waals surface area contributed by atoms with Crippen molar-refractivity contribution in [1.82, 2.24) is 29.7 Å². The summed E-state index contributed by atoms with van der Waals surface area (Å²) in [5.74, 6) is -2.65. The molecule has 2 N–H and O–H groups in total. The molecule has 1 saturated heterocycles. The topological polar surface area (TPSA) is 170 Å². The average Bonchev–Trinajstić information content (AvgIpc) is 4.05. The number of nitrogens with zero attached hydrogens (tertiary/aromatic N) is 4. The molecule has 3 amide bonds. The second-order valence-corrected chi connectivity index (χ2v) is 17.3. The Morgan fingerprint density at radius 2 is 1.80 bits per heavy atom. The first-order valence-corrected chi connectivity index (χ1v) is 20.5. The van der Waals surface area contributed by atoms with E-state index in [1.165, 1.54) is 15.6 Å². The third kappa shape index (κ3) is 7.33. The minimum atomic E-state index is -3.87. The molecule has 2 aliphatic carbocycles. The molecule has 0 spiro atoms. The number of ether oxygens (including phenoxy) is 1. The maximum absolute atomic E-state index is 15.0. The van der Waals surface area contributed by atoms with Crippen LogP contribution in [0.4, 0.5) is 4.39 Å². The van der Waals surface area contributed by atoms with E-state index in [0.29, 0.717) is 60.2 Å². The molecule has 4 heterocycles. The van der Waals surface area contributed by atoms with E-state index >= 15 is 4.39 Å². The van der Waals surface area contributed by atoms with E-state index in [0.717, 1.165) is 12.8 Å². The van der Waals surface area contributed by atoms with E-state index in [9.17, 15) is 27.6 Å². The molecule has 15 heteroatoms. The molecule has 2 aromatic carbocycles. The molecule has 5 atom stereocenters. The first-order chi connectivity index (χ1) is 26.4. The standard InChI is InChI=1S/C40H43FN6O7S/c1-46-19-18-31(44-46)36(49)42-32-14-6-4-2-3-5-10-24-21-40(24,39(51)45-55(52,53)26-16-17-26)22-34(48)33-20-25(23-47(33)38(32)50)54-37-28-12-8-7-11-27(28)35-29(41)13-9-15-30(35)43-37/h5,7-13,15,18-19,24-26,32-33H,2-4,6,14,16-17,20-23H2,1H3,(H,42,49)(H,45,51)/b10-5-/t24-,25-,32+,33+,40-/m1/s1. The van der Waals surface area contributed by atoms with Crippen LogP contribution in [0.2, 0.25) is 0 Å². The molecule has 0 bridgehead atoms. The quantitative estimate of drug-likeness (QED) is 0.203. The molecular weight excluding hydrogens is 728 g/mol. The molecular formula is C40H43FN6O7S. The molecule has 8 rings (SSSR count). The number of hydrogen-bond acceptors (Lipinski definition) is 9. The first-order valence-electron chi connectivity index (χ1n) is 18.9. The largest absolute Gasteiger partial charge is 0.472 e. The normalized spacial score (nSPS) is 26.8. The van der Waals surface area contributed by atoms with Crippen molar-refractivity contribution in [3.8, 4) is 5.88 Å². The molecule has 2 aliphatic heterocycles. The van der Waals surface area contributed by atoms with Crippen LogP contribution in [-0.4, -0.2) is 81.6 Å². The molecule has 288 valence electrons. The van der Waals surface area contributed by atoms with E-state index in [2.05, 4.69) is 20.1 Å². The van der Waals surface area contributed by atoms with Gasteiger partial charge in [-0.3, -0.25) is 28.6 Å². The van der Waals surface area contributed by atoms with Crippen molar-refractivity contribution >= 4 is 55.2 Å². The number of carbonyl (C=O) groups excluding carboxylic acids is 4. The number of sulfonamides is 1. The Kier molecular flexibility index (Phi) is 9.68. The molecule has 0 radical (unpaired) electrons. The number of hydrogen-bond donors (Lipinski definition) is 2. The van der Waals surface area contributed by atoms with Crippen LogP contribution in [0, 0.1) is 17.2 Å². The van der Waals surface area contributed by atoms with Crippen LogP contribution < -0.4 is 14.8 Å². The molecule has 55 heavy (non-hydrogen) atoms. The Labute approximate surface area is 317 Å². The molecule has 2 saturated carbocycles. The lowest BCUT2D eigenvalue weighted by Gasteiger charge is -2.29. The molecule has 0 unspecified atom stereocenters. The number of Topliss-reactive ketones (excluding diaryl/α,β-unsaturated/α-hetero) is 1. The van der Waals surface area contributed by atoms with Gasteiger partial charge in [-0.2, -0.15) is 5.10 Å². The predicted octanol–water partition coefficient (Wildman–Crippen LogP) is 4.50. The van der Waals surface area contributed by atoms with Gasteiger partial charge in [-0.1, -0.05) is 49.3 Å². The SMILES string of the molecule is Cn1ccc(C(=O)N[C@H]2CCCCC/C=C\[C@@H]3C[C@@]3(C(=O)NS(=O)(=O)C3CC3)CC(=O)[C@@H]3C[C@@H](Oc4nc5cccc(F)c5c5ccccc45)CN3C2=O)n1. The fourth-order valence-corrected chi connectivity index (χ4v) is 9.52. The summed E-state index contributed by atoms with van der Waals surface area (Å²) in [7, 11) is -2.19. The summed E-state index contributed by atoms with van der Waals surface area (Å²) in [6, 6.07) is 11.3. The zero-order valence-electron chi connectivity index (χ0n) is 30.4. The van der Waals surface area contributed by atoms with Crippen molar-refractivity contribution in [2.75, 3.05) is 6.54 Å². The van der Waals surface area contributed by atoms with Crippen LogP contribution >= 0.6 is 0 Å². The van der Waals surface area contributed by atoms with Gasteiger partial charge >= 0.3 is 0 Å². The fraction of sp³-hybridized carbons (Fsp3) is 0.450. The number of nitrogens with one attached hydrogen (secondary N) is 2. The number of ketones is 1. The van der Waals surface area contributed by atoms with Crippen molar-refractivity contribution < 1.29 is 36.7 Å². The Bertz CT molecular complexity index is 2340. The molecule has 2 aromatic heterocycles. The molecule has 3 fully saturated rings. The highest BCUT2D eigenvalue weighted by atomic mass is 32.2. The van der Waals surface area contributed by atoms with Gasteiger partial charge in [-0.25, -0.2) is 17.8 Å². The van der Waals surface area contributed by atoms with Gasteiger partial charge < -0.3 is 15.0 Å². The Balaban J connectivity index is 1.13. The van der Waals surface area contributed by atoms with E-state index < -0.39 is 68.2 Å². The van der Waals surface area contributed by atoms with E-state index in [-0.39, 0.29) is 36.9 Å². The van der Waals surface area contributed by atoms with Gasteiger partial charge in [0.15, 0.2) is 5.78 Å². The van der Waals surface area contributed by atoms with Gasteiger partial charge in [0.1, 0.15) is 23.7 Å². The van der Waals surface area contributed by atoms with E-state index in [4.69, 9.17) is 4.74 Å². The Hall–Kier alpha value is -5.18. The maximum Gasteiger partial charge on any atom is 0.272 e. The number of aryl methyl sites for hydroxylation is 1. The van der Waals surface area contributed by atoms with E-state index in [1.807, 2.05) is 12.2 Å². The predicted molar refractivity (Wildman–Crippen MR) is 201 cm³/mol. The van der Waals surface area contributed by atoms with Gasteiger partial charge in [0.2, 0.25) is 27.7 Å². The van der Waals surface area contributed by atoms with Crippen molar-refractivity contribution in [1.29, 1.82) is 0 Å². The second-order valence-electron chi connectivity index (χ2n) is 15.3. The lowest BCUT2D eigenvalue weighted by atomic mass is 9.91. The zero-order valence-corrected chi connectivity index (χ0v) is 31.3. The third-order valence-electron chi connectivity index (χ3n) is 11.4. The summed E-state index contributed by atoms with van der Waals surface area (Å²) in [5.41, 5.74) is -0.755. The van der Waals surface area contributed by atoms with Gasteiger partial charge in [-0.05, 0) is 74.1 Å². The zero-order chi connectivity index (χ0) is 38.5. The summed E-state index contributed by atoms with van der Waals surface area (Å²) in [6.07, 6.45) is 9.02. The number of fused-ring (bicyclic) bond motifs is 5. The smallest absolute Gasteiger partial charge is 0.272 e. The number of carbonyl (C=O) groups is 4. The Morgan fingerprint density at radius 3 is 2.56 bits per heavy atom. The van der Waals surface area contributed by atoms with Crippen molar-refractivity contribution in [2.45, 2.75) is 87.6 Å². The van der Waals surface area contributed by atoms with Crippen molar-refractivity contribution in [3.63, 3.8) is 0 Å². The van der Waals surface area contributed by atoms with E-state index in [1.54, 1.807) is 55.7 Å². The van der Waals surface area contributed by atoms with Crippen LogP contribution in [0.25, 0.3) is 21.7 Å². The summed E-state index contributed by atoms with van der Waals surface area (Å²) >= 11 is 0. The van der Waals surface area contributed by atoms with Gasteiger partial charge in [-0.15, -0.1) is 0 Å². The lowest BCUT2D eigenvalue weighted by Crippen LogP contribution is -2.52. The number of benzene rings is 2.